The zero-order valence-electron chi connectivity index (χ0n) is 12.2. The first-order valence-electron chi connectivity index (χ1n) is 7.32. The van der Waals surface area contributed by atoms with Crippen LogP contribution in [0.3, 0.4) is 0 Å². The van der Waals surface area contributed by atoms with Gasteiger partial charge in [-0.25, -0.2) is 4.98 Å². The fourth-order valence-corrected chi connectivity index (χ4v) is 2.28. The average Bonchev–Trinajstić information content (AvgIpc) is 2.97. The van der Waals surface area contributed by atoms with Gasteiger partial charge in [0, 0.05) is 6.54 Å². The summed E-state index contributed by atoms with van der Waals surface area (Å²) in [6.07, 6.45) is 0. The molecule has 0 amide bonds. The number of hydrogen-bond donors (Lipinski definition) is 3. The third-order valence-electron chi connectivity index (χ3n) is 3.34. The molecule has 0 saturated heterocycles. The lowest BCUT2D eigenvalue weighted by molar-refractivity contribution is 0.201. The topological polar surface area (TPSA) is 70.2 Å². The van der Waals surface area contributed by atoms with Crippen LogP contribution in [0.1, 0.15) is 11.4 Å². The van der Waals surface area contributed by atoms with Crippen LogP contribution < -0.4 is 10.1 Å². The molecule has 3 aromatic rings. The molecule has 0 atom stereocenters. The first-order chi connectivity index (χ1) is 10.8. The molecule has 0 aliphatic carbocycles. The molecular formula is C17H19N3O2. The highest BCUT2D eigenvalue weighted by Crippen LogP contribution is 2.13. The Hall–Kier alpha value is -2.37. The quantitative estimate of drug-likeness (QED) is 0.625. The number of aromatic nitrogens is 2. The molecule has 0 radical (unpaired) electrons. The summed E-state index contributed by atoms with van der Waals surface area (Å²) in [6, 6.07) is 15.9. The lowest BCUT2D eigenvalue weighted by Crippen LogP contribution is -2.13. The van der Waals surface area contributed by atoms with Gasteiger partial charge in [-0.3, -0.25) is 0 Å². The molecule has 3 N–H and O–H groups in total. The van der Waals surface area contributed by atoms with Gasteiger partial charge in [0.05, 0.1) is 24.2 Å². The number of rotatable bonds is 7. The number of nitrogens with one attached hydrogen (secondary N) is 2. The Morgan fingerprint density at radius 2 is 1.86 bits per heavy atom. The van der Waals surface area contributed by atoms with Crippen molar-refractivity contribution in [2.45, 2.75) is 13.1 Å². The molecule has 0 fully saturated rings. The highest BCUT2D eigenvalue weighted by molar-refractivity contribution is 5.74. The van der Waals surface area contributed by atoms with Crippen LogP contribution in [0, 0.1) is 0 Å². The largest absolute Gasteiger partial charge is 0.491 e. The molecule has 1 aromatic heterocycles. The summed E-state index contributed by atoms with van der Waals surface area (Å²) in [6.45, 7) is 1.80. The number of aromatic amines is 1. The monoisotopic (exact) mass is 297 g/mol. The molecule has 3 rings (SSSR count). The average molecular weight is 297 g/mol. The first kappa shape index (κ1) is 14.6. The van der Waals surface area contributed by atoms with Crippen molar-refractivity contribution in [2.75, 3.05) is 13.2 Å². The van der Waals surface area contributed by atoms with Gasteiger partial charge in [-0.1, -0.05) is 24.3 Å². The fourth-order valence-electron chi connectivity index (χ4n) is 2.28. The summed E-state index contributed by atoms with van der Waals surface area (Å²) in [5, 5.41) is 12.1. The van der Waals surface area contributed by atoms with Crippen molar-refractivity contribution in [2.24, 2.45) is 0 Å². The second-order valence-electron chi connectivity index (χ2n) is 5.02. The van der Waals surface area contributed by atoms with Crippen LogP contribution in [-0.4, -0.2) is 28.3 Å². The van der Waals surface area contributed by atoms with Crippen LogP contribution in [0.15, 0.2) is 48.5 Å². The summed E-state index contributed by atoms with van der Waals surface area (Å²) in [4.78, 5) is 7.83. The van der Waals surface area contributed by atoms with Gasteiger partial charge < -0.3 is 20.1 Å². The molecule has 0 aliphatic rings. The molecule has 1 heterocycles. The first-order valence-corrected chi connectivity index (χ1v) is 7.32. The van der Waals surface area contributed by atoms with Gasteiger partial charge in [-0.05, 0) is 29.8 Å². The SMILES string of the molecule is OCCOc1ccc(CNCc2nc3ccccc3[nH]2)cc1. The van der Waals surface area contributed by atoms with Crippen LogP contribution in [0.5, 0.6) is 5.75 Å². The number of benzene rings is 2. The summed E-state index contributed by atoms with van der Waals surface area (Å²) in [7, 11) is 0. The van der Waals surface area contributed by atoms with Gasteiger partial charge in [-0.15, -0.1) is 0 Å². The Bertz CT molecular complexity index is 689. The van der Waals surface area contributed by atoms with Gasteiger partial charge in [0.15, 0.2) is 0 Å². The Balaban J connectivity index is 1.52. The fraction of sp³-hybridized carbons (Fsp3) is 0.235. The van der Waals surface area contributed by atoms with E-state index in [2.05, 4.69) is 15.3 Å². The number of H-pyrrole nitrogens is 1. The Morgan fingerprint density at radius 1 is 1.05 bits per heavy atom. The van der Waals surface area contributed by atoms with Crippen molar-refractivity contribution in [3.05, 3.63) is 59.9 Å². The summed E-state index contributed by atoms with van der Waals surface area (Å²) < 4.78 is 5.33. The maximum atomic E-state index is 8.72. The van der Waals surface area contributed by atoms with Crippen LogP contribution in [0.2, 0.25) is 0 Å². The molecule has 22 heavy (non-hydrogen) atoms. The van der Waals surface area contributed by atoms with Gasteiger partial charge in [0.1, 0.15) is 18.2 Å². The molecule has 0 unspecified atom stereocenters. The third-order valence-corrected chi connectivity index (χ3v) is 3.34. The molecule has 0 bridgehead atoms. The number of para-hydroxylation sites is 2. The van der Waals surface area contributed by atoms with Crippen LogP contribution in [0.25, 0.3) is 11.0 Å². The van der Waals surface area contributed by atoms with E-state index in [-0.39, 0.29) is 6.61 Å². The highest BCUT2D eigenvalue weighted by atomic mass is 16.5. The summed E-state index contributed by atoms with van der Waals surface area (Å²) in [5.74, 6) is 1.71. The lowest BCUT2D eigenvalue weighted by atomic mass is 10.2. The van der Waals surface area contributed by atoms with Gasteiger partial charge >= 0.3 is 0 Å². The van der Waals surface area contributed by atoms with E-state index in [1.54, 1.807) is 0 Å². The van der Waals surface area contributed by atoms with Crippen molar-refractivity contribution in [3.8, 4) is 5.75 Å². The highest BCUT2D eigenvalue weighted by Gasteiger charge is 2.01. The van der Waals surface area contributed by atoms with E-state index in [4.69, 9.17) is 9.84 Å². The van der Waals surface area contributed by atoms with Crippen molar-refractivity contribution < 1.29 is 9.84 Å². The van der Waals surface area contributed by atoms with Crippen molar-refractivity contribution >= 4 is 11.0 Å². The number of imidazole rings is 1. The van der Waals surface area contributed by atoms with Crippen LogP contribution >= 0.6 is 0 Å². The van der Waals surface area contributed by atoms with E-state index in [0.717, 1.165) is 29.2 Å². The molecular weight excluding hydrogens is 278 g/mol. The zero-order valence-corrected chi connectivity index (χ0v) is 12.2. The van der Waals surface area contributed by atoms with E-state index in [1.165, 1.54) is 5.56 Å². The lowest BCUT2D eigenvalue weighted by Gasteiger charge is -2.06. The second-order valence-corrected chi connectivity index (χ2v) is 5.02. The minimum absolute atomic E-state index is 0.0286. The normalized spacial score (nSPS) is 11.0. The summed E-state index contributed by atoms with van der Waals surface area (Å²) in [5.41, 5.74) is 3.22. The Labute approximate surface area is 129 Å². The number of nitrogens with zero attached hydrogens (tertiary/aromatic N) is 1. The summed E-state index contributed by atoms with van der Waals surface area (Å²) >= 11 is 0. The van der Waals surface area contributed by atoms with Gasteiger partial charge in [-0.2, -0.15) is 0 Å². The minimum Gasteiger partial charge on any atom is -0.491 e. The third kappa shape index (κ3) is 3.63. The van der Waals surface area contributed by atoms with Gasteiger partial charge in [0.25, 0.3) is 0 Å². The van der Waals surface area contributed by atoms with Gasteiger partial charge in [0.2, 0.25) is 0 Å². The molecule has 2 aromatic carbocycles. The second kappa shape index (κ2) is 7.06. The van der Waals surface area contributed by atoms with E-state index in [0.29, 0.717) is 13.2 Å². The number of aliphatic hydroxyl groups is 1. The maximum absolute atomic E-state index is 8.72. The number of fused-ring (bicyclic) bond motifs is 1. The zero-order chi connectivity index (χ0) is 15.2. The van der Waals surface area contributed by atoms with E-state index >= 15 is 0 Å². The molecule has 5 heteroatoms. The standard InChI is InChI=1S/C17H19N3O2/c21-9-10-22-14-7-5-13(6-8-14)11-18-12-17-19-15-3-1-2-4-16(15)20-17/h1-8,18,21H,9-12H2,(H,19,20). The smallest absolute Gasteiger partial charge is 0.121 e. The Morgan fingerprint density at radius 3 is 2.64 bits per heavy atom. The number of aliphatic hydroxyl groups excluding tert-OH is 1. The predicted molar refractivity (Wildman–Crippen MR) is 85.7 cm³/mol. The van der Waals surface area contributed by atoms with E-state index < -0.39 is 0 Å². The van der Waals surface area contributed by atoms with Crippen molar-refractivity contribution in [1.29, 1.82) is 0 Å². The molecule has 5 nitrogen and oxygen atoms in total. The van der Waals surface area contributed by atoms with Crippen molar-refractivity contribution in [3.63, 3.8) is 0 Å². The molecule has 0 aliphatic heterocycles. The van der Waals surface area contributed by atoms with E-state index in [9.17, 15) is 0 Å². The van der Waals surface area contributed by atoms with Crippen molar-refractivity contribution in [1.82, 2.24) is 15.3 Å². The maximum Gasteiger partial charge on any atom is 0.121 e. The predicted octanol–water partition coefficient (Wildman–Crippen LogP) is 2.22. The van der Waals surface area contributed by atoms with Crippen LogP contribution in [-0.2, 0) is 13.1 Å². The minimum atomic E-state index is 0.0286. The molecule has 114 valence electrons. The van der Waals surface area contributed by atoms with Crippen LogP contribution in [0.4, 0.5) is 0 Å². The Kier molecular flexibility index (Phi) is 4.68. The van der Waals surface area contributed by atoms with E-state index in [1.807, 2.05) is 48.5 Å². The molecule has 0 spiro atoms. The molecule has 0 saturated carbocycles. The number of hydrogen-bond acceptors (Lipinski definition) is 4. The number of ether oxygens (including phenoxy) is 1.